The largest absolute Gasteiger partial charge is 0.478 e. The summed E-state index contributed by atoms with van der Waals surface area (Å²) >= 11 is 4.82. The summed E-state index contributed by atoms with van der Waals surface area (Å²) in [6.07, 6.45) is 1.04. The predicted octanol–water partition coefficient (Wildman–Crippen LogP) is 3.15. The lowest BCUT2D eigenvalue weighted by molar-refractivity contribution is 0.0696. The lowest BCUT2D eigenvalue weighted by Gasteiger charge is -2.05. The highest BCUT2D eigenvalue weighted by atomic mass is 79.9. The van der Waals surface area contributed by atoms with Gasteiger partial charge in [-0.2, -0.15) is 0 Å². The van der Waals surface area contributed by atoms with E-state index in [4.69, 9.17) is 5.11 Å². The van der Waals surface area contributed by atoms with Gasteiger partial charge in [0.1, 0.15) is 0 Å². The molecular weight excluding hydrogens is 278 g/mol. The van der Waals surface area contributed by atoms with Gasteiger partial charge in [0.25, 0.3) is 0 Å². The van der Waals surface area contributed by atoms with Crippen LogP contribution in [0.25, 0.3) is 0 Å². The summed E-state index contributed by atoms with van der Waals surface area (Å²) in [6.45, 7) is 2.98. The Balaban J connectivity index is 2.76. The zero-order valence-electron chi connectivity index (χ0n) is 8.29. The second kappa shape index (κ2) is 6.15. The molecule has 2 N–H and O–H groups in total. The highest BCUT2D eigenvalue weighted by Crippen LogP contribution is 2.26. The third-order valence-electron chi connectivity index (χ3n) is 1.71. The van der Waals surface area contributed by atoms with Gasteiger partial charge in [0, 0.05) is 15.9 Å². The van der Waals surface area contributed by atoms with Gasteiger partial charge in [-0.25, -0.2) is 4.79 Å². The molecule has 3 nitrogen and oxygen atoms in total. The maximum Gasteiger partial charge on any atom is 0.335 e. The normalized spacial score (nSPS) is 10.3. The molecule has 1 aromatic rings. The van der Waals surface area contributed by atoms with Crippen LogP contribution in [0.2, 0.25) is 0 Å². The summed E-state index contributed by atoms with van der Waals surface area (Å²) in [4.78, 5) is 11.6. The molecule has 0 aliphatic carbocycles. The second-order valence-electron chi connectivity index (χ2n) is 2.95. The van der Waals surface area contributed by atoms with Crippen molar-refractivity contribution in [2.45, 2.75) is 18.2 Å². The fraction of sp³-hybridized carbons (Fsp3) is 0.300. The van der Waals surface area contributed by atoms with E-state index >= 15 is 0 Å². The molecule has 0 saturated heterocycles. The number of benzene rings is 1. The van der Waals surface area contributed by atoms with Crippen LogP contribution in [0.1, 0.15) is 23.7 Å². The number of aromatic carboxylic acids is 1. The van der Waals surface area contributed by atoms with Gasteiger partial charge in [-0.1, -0.05) is 6.92 Å². The van der Waals surface area contributed by atoms with Gasteiger partial charge in [0.15, 0.2) is 0 Å². The molecule has 1 aromatic carbocycles. The third kappa shape index (κ3) is 3.85. The molecule has 0 aromatic heterocycles. The standard InChI is InChI=1S/C10H12BrNO2S/c1-2-5-12-15-9-6-7(10(13)14)3-4-8(9)11/h3-4,6,12H,2,5H2,1H3,(H,13,14). The van der Waals surface area contributed by atoms with Crippen LogP contribution in [0.3, 0.4) is 0 Å². The van der Waals surface area contributed by atoms with Crippen LogP contribution in [0.5, 0.6) is 0 Å². The first-order valence-electron chi connectivity index (χ1n) is 4.57. The maximum atomic E-state index is 10.7. The summed E-state index contributed by atoms with van der Waals surface area (Å²) < 4.78 is 4.06. The summed E-state index contributed by atoms with van der Waals surface area (Å²) in [6, 6.07) is 4.98. The number of hydrogen-bond donors (Lipinski definition) is 2. The number of carboxylic acids is 1. The van der Waals surface area contributed by atoms with Crippen molar-refractivity contribution < 1.29 is 9.90 Å². The van der Waals surface area contributed by atoms with E-state index in [1.54, 1.807) is 18.2 Å². The monoisotopic (exact) mass is 289 g/mol. The van der Waals surface area contributed by atoms with Crippen molar-refractivity contribution in [2.75, 3.05) is 6.54 Å². The van der Waals surface area contributed by atoms with E-state index in [0.717, 1.165) is 22.3 Å². The molecule has 0 radical (unpaired) electrons. The van der Waals surface area contributed by atoms with Gasteiger partial charge in [-0.05, 0) is 52.5 Å². The Morgan fingerprint density at radius 1 is 1.60 bits per heavy atom. The molecule has 0 bridgehead atoms. The Bertz CT molecular complexity index is 357. The lowest BCUT2D eigenvalue weighted by atomic mass is 10.2. The van der Waals surface area contributed by atoms with E-state index in [1.807, 2.05) is 0 Å². The van der Waals surface area contributed by atoms with Gasteiger partial charge in [-0.15, -0.1) is 0 Å². The van der Waals surface area contributed by atoms with Crippen LogP contribution < -0.4 is 4.72 Å². The van der Waals surface area contributed by atoms with Crippen molar-refractivity contribution in [3.05, 3.63) is 28.2 Å². The Morgan fingerprint density at radius 3 is 2.93 bits per heavy atom. The van der Waals surface area contributed by atoms with Crippen molar-refractivity contribution >= 4 is 33.8 Å². The van der Waals surface area contributed by atoms with Gasteiger partial charge < -0.3 is 5.11 Å². The molecular formula is C10H12BrNO2S. The number of nitrogens with one attached hydrogen (secondary N) is 1. The molecule has 0 unspecified atom stereocenters. The number of hydrogen-bond acceptors (Lipinski definition) is 3. The average Bonchev–Trinajstić information content (AvgIpc) is 2.20. The van der Waals surface area contributed by atoms with Crippen LogP contribution >= 0.6 is 27.9 Å². The van der Waals surface area contributed by atoms with Crippen LogP contribution in [0.4, 0.5) is 0 Å². The quantitative estimate of drug-likeness (QED) is 0.646. The van der Waals surface area contributed by atoms with Crippen molar-refractivity contribution in [3.63, 3.8) is 0 Å². The molecule has 0 fully saturated rings. The van der Waals surface area contributed by atoms with Crippen LogP contribution in [0, 0.1) is 0 Å². The first-order valence-corrected chi connectivity index (χ1v) is 6.18. The van der Waals surface area contributed by atoms with Gasteiger partial charge in [0.05, 0.1) is 5.56 Å². The molecule has 15 heavy (non-hydrogen) atoms. The van der Waals surface area contributed by atoms with E-state index in [1.165, 1.54) is 11.9 Å². The van der Waals surface area contributed by atoms with Crippen LogP contribution in [0.15, 0.2) is 27.6 Å². The minimum Gasteiger partial charge on any atom is -0.478 e. The smallest absolute Gasteiger partial charge is 0.335 e. The van der Waals surface area contributed by atoms with Crippen LogP contribution in [-0.2, 0) is 0 Å². The fourth-order valence-corrected chi connectivity index (χ4v) is 2.25. The molecule has 0 amide bonds. The second-order valence-corrected chi connectivity index (χ2v) is 4.73. The van der Waals surface area contributed by atoms with Gasteiger partial charge >= 0.3 is 5.97 Å². The highest BCUT2D eigenvalue weighted by molar-refractivity contribution is 9.10. The minimum absolute atomic E-state index is 0.305. The predicted molar refractivity (Wildman–Crippen MR) is 65.3 cm³/mol. The number of carbonyl (C=O) groups is 1. The van der Waals surface area contributed by atoms with Crippen LogP contribution in [-0.4, -0.2) is 17.6 Å². The Hall–Kier alpha value is -0.520. The van der Waals surface area contributed by atoms with E-state index in [2.05, 4.69) is 27.6 Å². The van der Waals surface area contributed by atoms with Crippen molar-refractivity contribution in [3.8, 4) is 0 Å². The van der Waals surface area contributed by atoms with Crippen molar-refractivity contribution in [1.82, 2.24) is 4.72 Å². The fourth-order valence-electron chi connectivity index (χ4n) is 0.945. The minimum atomic E-state index is -0.903. The molecule has 0 saturated carbocycles. The number of halogens is 1. The molecule has 0 aliphatic rings. The van der Waals surface area contributed by atoms with E-state index in [0.29, 0.717) is 5.56 Å². The number of rotatable bonds is 5. The third-order valence-corrected chi connectivity index (χ3v) is 3.57. The maximum absolute atomic E-state index is 10.7. The molecule has 82 valence electrons. The van der Waals surface area contributed by atoms with Crippen molar-refractivity contribution in [1.29, 1.82) is 0 Å². The molecule has 1 rings (SSSR count). The molecule has 5 heteroatoms. The Morgan fingerprint density at radius 2 is 2.33 bits per heavy atom. The lowest BCUT2D eigenvalue weighted by Crippen LogP contribution is -2.04. The average molecular weight is 290 g/mol. The molecule has 0 spiro atoms. The SMILES string of the molecule is CCCNSc1cc(C(=O)O)ccc1Br. The molecule has 0 aliphatic heterocycles. The number of carboxylic acid groups (broad SMARTS) is 1. The molecule has 0 atom stereocenters. The van der Waals surface area contributed by atoms with Gasteiger partial charge in [0.2, 0.25) is 0 Å². The summed E-state index contributed by atoms with van der Waals surface area (Å²) in [5.41, 5.74) is 0.305. The molecule has 0 heterocycles. The van der Waals surface area contributed by atoms with E-state index < -0.39 is 5.97 Å². The first-order chi connectivity index (χ1) is 7.15. The summed E-state index contributed by atoms with van der Waals surface area (Å²) in [7, 11) is 0. The highest BCUT2D eigenvalue weighted by Gasteiger charge is 2.07. The van der Waals surface area contributed by atoms with Crippen molar-refractivity contribution in [2.24, 2.45) is 0 Å². The summed E-state index contributed by atoms with van der Waals surface area (Å²) in [5.74, 6) is -0.903. The topological polar surface area (TPSA) is 49.3 Å². The first kappa shape index (κ1) is 12.5. The zero-order chi connectivity index (χ0) is 11.3. The summed E-state index contributed by atoms with van der Waals surface area (Å²) in [5, 5.41) is 8.83. The Labute approximate surface area is 102 Å². The van der Waals surface area contributed by atoms with E-state index in [9.17, 15) is 4.79 Å². The Kier molecular flexibility index (Phi) is 5.14. The van der Waals surface area contributed by atoms with Gasteiger partial charge in [-0.3, -0.25) is 4.72 Å². The zero-order valence-corrected chi connectivity index (χ0v) is 10.7. The van der Waals surface area contributed by atoms with E-state index in [-0.39, 0.29) is 0 Å².